The molecule has 6 heteroatoms. The molecule has 1 aromatic rings. The van der Waals surface area contributed by atoms with Gasteiger partial charge in [-0.1, -0.05) is 0 Å². The molecule has 0 atom stereocenters. The fourth-order valence-corrected chi connectivity index (χ4v) is 4.09. The SMILES string of the molecule is Nc1cc(N2CCCSCC2)sc1C(=O)NC1CC1. The second kappa shape index (κ2) is 5.63. The number of carbonyl (C=O) groups is 1. The molecule has 1 amide bonds. The molecule has 4 nitrogen and oxygen atoms in total. The van der Waals surface area contributed by atoms with Crippen molar-refractivity contribution in [1.29, 1.82) is 0 Å². The second-order valence-electron chi connectivity index (χ2n) is 5.07. The molecule has 19 heavy (non-hydrogen) atoms. The largest absolute Gasteiger partial charge is 0.397 e. The van der Waals surface area contributed by atoms with E-state index in [2.05, 4.69) is 10.2 Å². The lowest BCUT2D eigenvalue weighted by molar-refractivity contribution is 0.0956. The summed E-state index contributed by atoms with van der Waals surface area (Å²) in [6, 6.07) is 2.34. The Morgan fingerprint density at radius 3 is 3.00 bits per heavy atom. The molecule has 3 rings (SSSR count). The molecule has 2 fully saturated rings. The Hall–Kier alpha value is -0.880. The van der Waals surface area contributed by atoms with Crippen molar-refractivity contribution < 1.29 is 4.79 Å². The van der Waals surface area contributed by atoms with Crippen LogP contribution in [0, 0.1) is 0 Å². The smallest absolute Gasteiger partial charge is 0.263 e. The van der Waals surface area contributed by atoms with E-state index < -0.39 is 0 Å². The molecule has 0 radical (unpaired) electrons. The van der Waals surface area contributed by atoms with E-state index in [9.17, 15) is 4.79 Å². The number of rotatable bonds is 3. The number of hydrogen-bond donors (Lipinski definition) is 2. The molecule has 0 spiro atoms. The summed E-state index contributed by atoms with van der Waals surface area (Å²) in [5.74, 6) is 2.38. The molecule has 3 N–H and O–H groups in total. The molecule has 1 saturated heterocycles. The van der Waals surface area contributed by atoms with E-state index in [1.165, 1.54) is 23.5 Å². The molecule has 0 bridgehead atoms. The first kappa shape index (κ1) is 13.1. The van der Waals surface area contributed by atoms with Crippen molar-refractivity contribution >= 4 is 39.7 Å². The number of nitrogens with zero attached hydrogens (tertiary/aromatic N) is 1. The molecule has 0 unspecified atom stereocenters. The maximum absolute atomic E-state index is 12.1. The van der Waals surface area contributed by atoms with Gasteiger partial charge in [-0.25, -0.2) is 0 Å². The lowest BCUT2D eigenvalue weighted by atomic mass is 10.3. The number of thiophene rings is 1. The first-order valence-corrected chi connectivity index (χ1v) is 8.74. The fraction of sp³-hybridized carbons (Fsp3) is 0.615. The van der Waals surface area contributed by atoms with Crippen LogP contribution in [0.3, 0.4) is 0 Å². The number of hydrogen-bond acceptors (Lipinski definition) is 5. The summed E-state index contributed by atoms with van der Waals surface area (Å²) in [6.07, 6.45) is 3.41. The minimum absolute atomic E-state index is 0.000414. The van der Waals surface area contributed by atoms with E-state index in [0.717, 1.165) is 36.7 Å². The first-order valence-electron chi connectivity index (χ1n) is 6.77. The van der Waals surface area contributed by atoms with Gasteiger partial charge >= 0.3 is 0 Å². The Morgan fingerprint density at radius 1 is 1.37 bits per heavy atom. The van der Waals surface area contributed by atoms with Crippen LogP contribution in [-0.2, 0) is 0 Å². The minimum atomic E-state index is 0.000414. The van der Waals surface area contributed by atoms with Crippen LogP contribution in [0.25, 0.3) is 0 Å². The monoisotopic (exact) mass is 297 g/mol. The van der Waals surface area contributed by atoms with Crippen molar-refractivity contribution in [3.63, 3.8) is 0 Å². The van der Waals surface area contributed by atoms with Crippen LogP contribution in [0.1, 0.15) is 28.9 Å². The molecule has 1 aliphatic carbocycles. The third-order valence-corrected chi connectivity index (χ3v) is 5.66. The van der Waals surface area contributed by atoms with E-state index in [1.54, 1.807) is 0 Å². The van der Waals surface area contributed by atoms with Gasteiger partial charge < -0.3 is 16.0 Å². The molecular weight excluding hydrogens is 278 g/mol. The van der Waals surface area contributed by atoms with Gasteiger partial charge in [-0.15, -0.1) is 11.3 Å². The number of amides is 1. The van der Waals surface area contributed by atoms with Crippen LogP contribution < -0.4 is 16.0 Å². The van der Waals surface area contributed by atoms with E-state index in [1.807, 2.05) is 17.8 Å². The topological polar surface area (TPSA) is 58.4 Å². The predicted molar refractivity (Wildman–Crippen MR) is 83.4 cm³/mol. The maximum atomic E-state index is 12.1. The summed E-state index contributed by atoms with van der Waals surface area (Å²) in [5.41, 5.74) is 6.62. The second-order valence-corrected chi connectivity index (χ2v) is 7.33. The zero-order chi connectivity index (χ0) is 13.2. The summed E-state index contributed by atoms with van der Waals surface area (Å²) in [5, 5.41) is 4.15. The third kappa shape index (κ3) is 3.17. The number of carbonyl (C=O) groups excluding carboxylic acids is 1. The van der Waals surface area contributed by atoms with Gasteiger partial charge in [0.1, 0.15) is 4.88 Å². The van der Waals surface area contributed by atoms with E-state index in [-0.39, 0.29) is 5.91 Å². The molecule has 0 aromatic carbocycles. The summed E-state index contributed by atoms with van der Waals surface area (Å²) in [6.45, 7) is 2.12. The van der Waals surface area contributed by atoms with Crippen molar-refractivity contribution in [2.75, 3.05) is 35.2 Å². The van der Waals surface area contributed by atoms with Crippen molar-refractivity contribution in [2.24, 2.45) is 0 Å². The molecule has 104 valence electrons. The Kier molecular flexibility index (Phi) is 3.88. The zero-order valence-electron chi connectivity index (χ0n) is 10.9. The van der Waals surface area contributed by atoms with Gasteiger partial charge in [0.15, 0.2) is 0 Å². The van der Waals surface area contributed by atoms with E-state index >= 15 is 0 Å². The van der Waals surface area contributed by atoms with Gasteiger partial charge in [-0.05, 0) is 31.1 Å². The van der Waals surface area contributed by atoms with Crippen molar-refractivity contribution in [1.82, 2.24) is 5.32 Å². The lowest BCUT2D eigenvalue weighted by Gasteiger charge is -2.19. The molecule has 1 aliphatic heterocycles. The van der Waals surface area contributed by atoms with E-state index in [4.69, 9.17) is 5.73 Å². The third-order valence-electron chi connectivity index (χ3n) is 3.40. The summed E-state index contributed by atoms with van der Waals surface area (Å²) in [7, 11) is 0. The predicted octanol–water partition coefficient (Wildman–Crippen LogP) is 2.17. The number of anilines is 2. The van der Waals surface area contributed by atoms with Gasteiger partial charge in [0, 0.05) is 24.9 Å². The molecule has 2 heterocycles. The number of thioether (sulfide) groups is 1. The highest BCUT2D eigenvalue weighted by molar-refractivity contribution is 7.99. The Labute approximate surface area is 121 Å². The number of nitrogen functional groups attached to an aromatic ring is 1. The average Bonchev–Trinajstić information content (AvgIpc) is 3.16. The van der Waals surface area contributed by atoms with Gasteiger partial charge in [0.05, 0.1) is 10.7 Å². The number of nitrogens with one attached hydrogen (secondary N) is 1. The van der Waals surface area contributed by atoms with Crippen molar-refractivity contribution in [2.45, 2.75) is 25.3 Å². The van der Waals surface area contributed by atoms with Crippen LogP contribution >= 0.6 is 23.1 Å². The lowest BCUT2D eigenvalue weighted by Crippen LogP contribution is -2.25. The van der Waals surface area contributed by atoms with Gasteiger partial charge in [0.2, 0.25) is 0 Å². The van der Waals surface area contributed by atoms with Crippen LogP contribution in [0.15, 0.2) is 6.07 Å². The molecule has 2 aliphatic rings. The normalized spacial score (nSPS) is 20.1. The van der Waals surface area contributed by atoms with Crippen molar-refractivity contribution in [3.8, 4) is 0 Å². The quantitative estimate of drug-likeness (QED) is 0.897. The van der Waals surface area contributed by atoms with Gasteiger partial charge in [-0.3, -0.25) is 4.79 Å². The Morgan fingerprint density at radius 2 is 2.21 bits per heavy atom. The number of nitrogens with two attached hydrogens (primary N) is 1. The summed E-state index contributed by atoms with van der Waals surface area (Å²) in [4.78, 5) is 15.1. The highest BCUT2D eigenvalue weighted by atomic mass is 32.2. The highest BCUT2D eigenvalue weighted by Crippen LogP contribution is 2.34. The van der Waals surface area contributed by atoms with Crippen LogP contribution in [0.5, 0.6) is 0 Å². The molecule has 1 saturated carbocycles. The van der Waals surface area contributed by atoms with E-state index in [0.29, 0.717) is 16.6 Å². The van der Waals surface area contributed by atoms with Gasteiger partial charge in [0.25, 0.3) is 5.91 Å². The van der Waals surface area contributed by atoms with Crippen LogP contribution in [0.2, 0.25) is 0 Å². The fourth-order valence-electron chi connectivity index (χ4n) is 2.17. The molecule has 1 aromatic heterocycles. The standard InChI is InChI=1S/C13H19N3OS2/c14-10-8-11(16-4-1-6-18-7-5-16)19-12(10)13(17)15-9-2-3-9/h8-9H,1-7,14H2,(H,15,17). The van der Waals surface area contributed by atoms with Crippen LogP contribution in [0.4, 0.5) is 10.7 Å². The summed E-state index contributed by atoms with van der Waals surface area (Å²) < 4.78 is 0. The maximum Gasteiger partial charge on any atom is 0.263 e. The molecular formula is C13H19N3OS2. The Bertz CT molecular complexity index is 462. The average molecular weight is 297 g/mol. The first-order chi connectivity index (χ1) is 9.24. The Balaban J connectivity index is 1.73. The van der Waals surface area contributed by atoms with Gasteiger partial charge in [-0.2, -0.15) is 11.8 Å². The van der Waals surface area contributed by atoms with Crippen LogP contribution in [-0.4, -0.2) is 36.5 Å². The minimum Gasteiger partial charge on any atom is -0.397 e. The van der Waals surface area contributed by atoms with Crippen molar-refractivity contribution in [3.05, 3.63) is 10.9 Å². The summed E-state index contributed by atoms with van der Waals surface area (Å²) >= 11 is 3.53. The zero-order valence-corrected chi connectivity index (χ0v) is 12.5. The highest BCUT2D eigenvalue weighted by Gasteiger charge is 2.26.